The number of hydrogen-bond donors (Lipinski definition) is 0. The van der Waals surface area contributed by atoms with Gasteiger partial charge in [-0.2, -0.15) is 0 Å². The lowest BCUT2D eigenvalue weighted by Gasteiger charge is -2.34. The van der Waals surface area contributed by atoms with Crippen molar-refractivity contribution in [3.63, 3.8) is 0 Å². The molecule has 0 N–H and O–H groups in total. The van der Waals surface area contributed by atoms with Crippen LogP contribution in [0.5, 0.6) is 5.75 Å². The van der Waals surface area contributed by atoms with E-state index in [-0.39, 0.29) is 11.8 Å². The lowest BCUT2D eigenvalue weighted by atomic mass is 10.1. The molecular weight excluding hydrogens is 348 g/mol. The third kappa shape index (κ3) is 3.33. The molecule has 0 bridgehead atoms. The minimum absolute atomic E-state index is 0.0418. The van der Waals surface area contributed by atoms with E-state index in [1.54, 1.807) is 59.4 Å². The Morgan fingerprint density at radius 2 is 1.41 bits per heavy atom. The van der Waals surface area contributed by atoms with E-state index in [9.17, 15) is 9.59 Å². The van der Waals surface area contributed by atoms with Gasteiger partial charge in [-0.05, 0) is 52.8 Å². The van der Waals surface area contributed by atoms with Crippen molar-refractivity contribution in [2.45, 2.75) is 0 Å². The van der Waals surface area contributed by atoms with Crippen molar-refractivity contribution in [3.05, 3.63) is 53.6 Å². The van der Waals surface area contributed by atoms with Crippen LogP contribution in [0, 0.1) is 0 Å². The Morgan fingerprint density at radius 1 is 0.852 bits per heavy atom. The van der Waals surface area contributed by atoms with Gasteiger partial charge in [0.25, 0.3) is 11.8 Å². The Bertz CT molecular complexity index is 975. The average molecular weight is 366 g/mol. The molecule has 1 saturated heterocycles. The number of aromatic nitrogens is 2. The van der Waals surface area contributed by atoms with Crippen molar-refractivity contribution in [2.75, 3.05) is 33.3 Å². The molecule has 8 heteroatoms. The van der Waals surface area contributed by atoms with Gasteiger partial charge in [-0.3, -0.25) is 9.59 Å². The van der Waals surface area contributed by atoms with Gasteiger partial charge in [-0.15, -0.1) is 0 Å². The summed E-state index contributed by atoms with van der Waals surface area (Å²) in [6, 6.07) is 12.1. The number of piperazine rings is 1. The number of carbonyl (C=O) groups excluding carboxylic acids is 2. The normalized spacial score (nSPS) is 14.4. The molecule has 0 spiro atoms. The lowest BCUT2D eigenvalue weighted by Crippen LogP contribution is -2.50. The van der Waals surface area contributed by atoms with E-state index in [0.717, 1.165) is 0 Å². The first-order valence-electron chi connectivity index (χ1n) is 8.60. The van der Waals surface area contributed by atoms with E-state index in [2.05, 4.69) is 14.9 Å². The van der Waals surface area contributed by atoms with Crippen LogP contribution < -0.4 is 4.74 Å². The SMILES string of the molecule is COc1ccc(C(=O)N2CCN(C(=O)c3ccc4nonc4c3)CC2)cc1. The summed E-state index contributed by atoms with van der Waals surface area (Å²) in [5.41, 5.74) is 2.31. The highest BCUT2D eigenvalue weighted by molar-refractivity contribution is 5.98. The molecule has 0 atom stereocenters. The summed E-state index contributed by atoms with van der Waals surface area (Å²) in [5.74, 6) is 0.581. The molecule has 2 amide bonds. The van der Waals surface area contributed by atoms with E-state index in [1.807, 2.05) is 0 Å². The molecule has 0 radical (unpaired) electrons. The van der Waals surface area contributed by atoms with Crippen LogP contribution in [0.2, 0.25) is 0 Å². The summed E-state index contributed by atoms with van der Waals surface area (Å²) < 4.78 is 9.78. The number of fused-ring (bicyclic) bond motifs is 1. The molecule has 1 fully saturated rings. The van der Waals surface area contributed by atoms with E-state index in [4.69, 9.17) is 4.74 Å². The highest BCUT2D eigenvalue weighted by atomic mass is 16.6. The van der Waals surface area contributed by atoms with Crippen molar-refractivity contribution in [1.29, 1.82) is 0 Å². The molecule has 3 aromatic rings. The summed E-state index contributed by atoms with van der Waals surface area (Å²) in [4.78, 5) is 28.8. The summed E-state index contributed by atoms with van der Waals surface area (Å²) in [6.07, 6.45) is 0. The predicted octanol–water partition coefficient (Wildman–Crippen LogP) is 1.83. The molecule has 27 heavy (non-hydrogen) atoms. The highest BCUT2D eigenvalue weighted by Gasteiger charge is 2.25. The Kier molecular flexibility index (Phi) is 4.45. The van der Waals surface area contributed by atoms with Gasteiger partial charge in [0.2, 0.25) is 0 Å². The highest BCUT2D eigenvalue weighted by Crippen LogP contribution is 2.17. The van der Waals surface area contributed by atoms with Gasteiger partial charge < -0.3 is 14.5 Å². The van der Waals surface area contributed by atoms with Gasteiger partial charge in [0.15, 0.2) is 0 Å². The van der Waals surface area contributed by atoms with Crippen LogP contribution in [-0.2, 0) is 0 Å². The first kappa shape index (κ1) is 17.0. The fourth-order valence-corrected chi connectivity index (χ4v) is 3.13. The maximum absolute atomic E-state index is 12.7. The van der Waals surface area contributed by atoms with Crippen LogP contribution in [-0.4, -0.2) is 65.2 Å². The van der Waals surface area contributed by atoms with Crippen LogP contribution in [0.3, 0.4) is 0 Å². The molecule has 1 aliphatic rings. The predicted molar refractivity (Wildman–Crippen MR) is 96.6 cm³/mol. The number of hydrogen-bond acceptors (Lipinski definition) is 6. The first-order valence-corrected chi connectivity index (χ1v) is 8.60. The molecule has 2 aromatic carbocycles. The van der Waals surface area contributed by atoms with Gasteiger partial charge in [-0.1, -0.05) is 0 Å². The Hall–Kier alpha value is -3.42. The number of ether oxygens (including phenoxy) is 1. The summed E-state index contributed by atoms with van der Waals surface area (Å²) >= 11 is 0. The maximum Gasteiger partial charge on any atom is 0.254 e. The fourth-order valence-electron chi connectivity index (χ4n) is 3.13. The van der Waals surface area contributed by atoms with E-state index < -0.39 is 0 Å². The molecule has 1 aliphatic heterocycles. The van der Waals surface area contributed by atoms with Crippen molar-refractivity contribution >= 4 is 22.8 Å². The topological polar surface area (TPSA) is 88.8 Å². The molecule has 2 heterocycles. The number of methoxy groups -OCH3 is 1. The van der Waals surface area contributed by atoms with Gasteiger partial charge >= 0.3 is 0 Å². The maximum atomic E-state index is 12.7. The standard InChI is InChI=1S/C19H18N4O4/c1-26-15-5-2-13(3-6-15)18(24)22-8-10-23(11-9-22)19(25)14-4-7-16-17(12-14)21-27-20-16/h2-7,12H,8-11H2,1H3. The second-order valence-corrected chi connectivity index (χ2v) is 6.28. The van der Waals surface area contributed by atoms with E-state index >= 15 is 0 Å². The van der Waals surface area contributed by atoms with Gasteiger partial charge in [0.1, 0.15) is 16.8 Å². The molecule has 4 rings (SSSR count). The van der Waals surface area contributed by atoms with Crippen molar-refractivity contribution in [1.82, 2.24) is 20.1 Å². The van der Waals surface area contributed by atoms with Crippen LogP contribution in [0.1, 0.15) is 20.7 Å². The largest absolute Gasteiger partial charge is 0.497 e. The summed E-state index contributed by atoms with van der Waals surface area (Å²) in [6.45, 7) is 1.94. The second-order valence-electron chi connectivity index (χ2n) is 6.28. The van der Waals surface area contributed by atoms with Gasteiger partial charge in [0, 0.05) is 37.3 Å². The molecular formula is C19H18N4O4. The lowest BCUT2D eigenvalue weighted by molar-refractivity contribution is 0.0535. The summed E-state index contributed by atoms with van der Waals surface area (Å²) in [5, 5.41) is 7.51. The molecule has 0 unspecified atom stereocenters. The van der Waals surface area contributed by atoms with Crippen molar-refractivity contribution in [2.24, 2.45) is 0 Å². The minimum atomic E-state index is -0.0866. The van der Waals surface area contributed by atoms with Crippen molar-refractivity contribution < 1.29 is 19.0 Å². The number of carbonyl (C=O) groups is 2. The first-order chi connectivity index (χ1) is 13.2. The van der Waals surface area contributed by atoms with Crippen LogP contribution in [0.15, 0.2) is 47.1 Å². The third-order valence-corrected chi connectivity index (χ3v) is 4.69. The number of nitrogens with zero attached hydrogens (tertiary/aromatic N) is 4. The Labute approximate surface area is 155 Å². The molecule has 8 nitrogen and oxygen atoms in total. The Morgan fingerprint density at radius 3 is 2.04 bits per heavy atom. The summed E-state index contributed by atoms with van der Waals surface area (Å²) in [7, 11) is 1.59. The zero-order valence-corrected chi connectivity index (χ0v) is 14.8. The monoisotopic (exact) mass is 366 g/mol. The van der Waals surface area contributed by atoms with E-state index in [1.165, 1.54) is 0 Å². The Balaban J connectivity index is 1.40. The number of amides is 2. The van der Waals surface area contributed by atoms with E-state index in [0.29, 0.717) is 54.1 Å². The number of rotatable bonds is 3. The van der Waals surface area contributed by atoms with Crippen LogP contribution >= 0.6 is 0 Å². The van der Waals surface area contributed by atoms with Gasteiger partial charge in [0.05, 0.1) is 7.11 Å². The zero-order chi connectivity index (χ0) is 18.8. The molecule has 0 aliphatic carbocycles. The zero-order valence-electron chi connectivity index (χ0n) is 14.8. The molecule has 0 saturated carbocycles. The quantitative estimate of drug-likeness (QED) is 0.703. The third-order valence-electron chi connectivity index (χ3n) is 4.69. The van der Waals surface area contributed by atoms with Crippen molar-refractivity contribution in [3.8, 4) is 5.75 Å². The van der Waals surface area contributed by atoms with Crippen LogP contribution in [0.4, 0.5) is 0 Å². The molecule has 138 valence electrons. The average Bonchev–Trinajstić information content (AvgIpc) is 3.21. The fraction of sp³-hybridized carbons (Fsp3) is 0.263. The smallest absolute Gasteiger partial charge is 0.254 e. The second kappa shape index (κ2) is 7.06. The minimum Gasteiger partial charge on any atom is -0.497 e. The number of benzene rings is 2. The molecule has 1 aromatic heterocycles. The van der Waals surface area contributed by atoms with Gasteiger partial charge in [-0.25, -0.2) is 4.63 Å². The van der Waals surface area contributed by atoms with Crippen LogP contribution in [0.25, 0.3) is 11.0 Å².